The Bertz CT molecular complexity index is 475. The highest BCUT2D eigenvalue weighted by Gasteiger charge is 2.32. The lowest BCUT2D eigenvalue weighted by Crippen LogP contribution is -2.43. The molecule has 0 spiro atoms. The van der Waals surface area contributed by atoms with Crippen molar-refractivity contribution in [3.8, 4) is 0 Å². The van der Waals surface area contributed by atoms with Crippen molar-refractivity contribution in [1.82, 2.24) is 4.90 Å². The Balaban J connectivity index is 1.73. The van der Waals surface area contributed by atoms with Crippen LogP contribution in [-0.4, -0.2) is 30.1 Å². The zero-order chi connectivity index (χ0) is 13.4. The van der Waals surface area contributed by atoms with Crippen molar-refractivity contribution < 1.29 is 8.78 Å². The number of nitrogens with zero attached hydrogens (tertiary/aromatic N) is 1. The Morgan fingerprint density at radius 1 is 1.21 bits per heavy atom. The number of hydrogen-bond acceptors (Lipinski definition) is 2. The molecule has 0 aromatic heterocycles. The van der Waals surface area contributed by atoms with E-state index in [0.717, 1.165) is 19.4 Å². The predicted molar refractivity (Wildman–Crippen MR) is 72.3 cm³/mol. The summed E-state index contributed by atoms with van der Waals surface area (Å²) in [6.07, 6.45) is 4.43. The van der Waals surface area contributed by atoms with Crippen LogP contribution in [0, 0.1) is 18.6 Å². The van der Waals surface area contributed by atoms with Gasteiger partial charge in [-0.25, -0.2) is 8.78 Å². The molecule has 3 rings (SSSR count). The lowest BCUT2D eigenvalue weighted by Gasteiger charge is -2.35. The Morgan fingerprint density at radius 2 is 2.05 bits per heavy atom. The monoisotopic (exact) mass is 266 g/mol. The lowest BCUT2D eigenvalue weighted by atomic mass is 9.97. The maximum Gasteiger partial charge on any atom is 0.152 e. The number of piperidine rings is 1. The van der Waals surface area contributed by atoms with Crippen molar-refractivity contribution >= 4 is 5.69 Å². The van der Waals surface area contributed by atoms with Crippen molar-refractivity contribution in [2.45, 2.75) is 44.7 Å². The minimum Gasteiger partial charge on any atom is -0.377 e. The highest BCUT2D eigenvalue weighted by molar-refractivity contribution is 5.49. The van der Waals surface area contributed by atoms with E-state index in [4.69, 9.17) is 0 Å². The van der Waals surface area contributed by atoms with Crippen molar-refractivity contribution in [1.29, 1.82) is 0 Å². The van der Waals surface area contributed by atoms with Crippen LogP contribution < -0.4 is 5.32 Å². The first-order chi connectivity index (χ1) is 9.15. The Kier molecular flexibility index (Phi) is 3.44. The van der Waals surface area contributed by atoms with Crippen LogP contribution in [0.1, 0.15) is 31.2 Å². The highest BCUT2D eigenvalue weighted by atomic mass is 19.1. The van der Waals surface area contributed by atoms with Gasteiger partial charge in [-0.15, -0.1) is 0 Å². The fourth-order valence-corrected chi connectivity index (χ4v) is 3.35. The van der Waals surface area contributed by atoms with Gasteiger partial charge in [0.1, 0.15) is 11.5 Å². The molecule has 1 aromatic rings. The van der Waals surface area contributed by atoms with E-state index in [1.54, 1.807) is 6.92 Å². The summed E-state index contributed by atoms with van der Waals surface area (Å²) in [5, 5.41) is 3.09. The van der Waals surface area contributed by atoms with E-state index in [0.29, 0.717) is 11.6 Å². The third-order valence-corrected chi connectivity index (χ3v) is 4.45. The van der Waals surface area contributed by atoms with Crippen molar-refractivity contribution in [2.24, 2.45) is 0 Å². The number of anilines is 1. The summed E-state index contributed by atoms with van der Waals surface area (Å²) in [4.78, 5) is 2.50. The fraction of sp³-hybridized carbons (Fsp3) is 0.600. The normalized spacial score (nSPS) is 27.3. The van der Waals surface area contributed by atoms with Crippen molar-refractivity contribution in [3.05, 3.63) is 29.3 Å². The molecule has 0 aliphatic carbocycles. The number of benzene rings is 1. The summed E-state index contributed by atoms with van der Waals surface area (Å²) >= 11 is 0. The summed E-state index contributed by atoms with van der Waals surface area (Å²) in [5.74, 6) is -0.939. The van der Waals surface area contributed by atoms with E-state index in [2.05, 4.69) is 10.2 Å². The average molecular weight is 266 g/mol. The topological polar surface area (TPSA) is 15.3 Å². The fourth-order valence-electron chi connectivity index (χ4n) is 3.35. The second-order valence-electron chi connectivity index (χ2n) is 5.75. The smallest absolute Gasteiger partial charge is 0.152 e. The van der Waals surface area contributed by atoms with Gasteiger partial charge < -0.3 is 10.2 Å². The third kappa shape index (κ3) is 2.46. The van der Waals surface area contributed by atoms with Crippen LogP contribution in [-0.2, 0) is 0 Å². The quantitative estimate of drug-likeness (QED) is 0.883. The molecule has 0 saturated carbocycles. The molecule has 2 aliphatic rings. The molecule has 2 heterocycles. The van der Waals surface area contributed by atoms with Gasteiger partial charge in [-0.1, -0.05) is 6.07 Å². The molecule has 4 heteroatoms. The lowest BCUT2D eigenvalue weighted by molar-refractivity contribution is 0.187. The number of hydrogen-bond donors (Lipinski definition) is 1. The van der Waals surface area contributed by atoms with Gasteiger partial charge >= 0.3 is 0 Å². The molecular formula is C15H20F2N2. The third-order valence-electron chi connectivity index (χ3n) is 4.45. The zero-order valence-corrected chi connectivity index (χ0v) is 11.3. The van der Waals surface area contributed by atoms with Crippen LogP contribution in [0.3, 0.4) is 0 Å². The van der Waals surface area contributed by atoms with E-state index in [-0.39, 0.29) is 11.7 Å². The SMILES string of the molecule is Cc1ccc(F)c(NC2CCN3CCCC3C2)c1F. The predicted octanol–water partition coefficient (Wildman–Crippen LogP) is 3.31. The number of halogens is 2. The number of fused-ring (bicyclic) bond motifs is 1. The van der Waals surface area contributed by atoms with Gasteiger partial charge in [0, 0.05) is 18.6 Å². The molecule has 2 aliphatic heterocycles. The van der Waals surface area contributed by atoms with Gasteiger partial charge in [0.15, 0.2) is 5.82 Å². The van der Waals surface area contributed by atoms with Gasteiger partial charge in [-0.3, -0.25) is 0 Å². The second-order valence-corrected chi connectivity index (χ2v) is 5.75. The number of nitrogens with one attached hydrogen (secondary N) is 1. The van der Waals surface area contributed by atoms with Crippen molar-refractivity contribution in [2.75, 3.05) is 18.4 Å². The first-order valence-electron chi connectivity index (χ1n) is 7.10. The molecule has 0 bridgehead atoms. The van der Waals surface area contributed by atoms with Crippen LogP contribution in [0.25, 0.3) is 0 Å². The van der Waals surface area contributed by atoms with Gasteiger partial charge in [0.25, 0.3) is 0 Å². The first-order valence-corrected chi connectivity index (χ1v) is 7.10. The van der Waals surface area contributed by atoms with Crippen LogP contribution in [0.4, 0.5) is 14.5 Å². The first kappa shape index (κ1) is 12.9. The molecule has 0 radical (unpaired) electrons. The van der Waals surface area contributed by atoms with E-state index >= 15 is 0 Å². The molecule has 1 N–H and O–H groups in total. The molecule has 2 atom stereocenters. The molecule has 2 nitrogen and oxygen atoms in total. The molecule has 2 saturated heterocycles. The van der Waals surface area contributed by atoms with Crippen molar-refractivity contribution in [3.63, 3.8) is 0 Å². The molecule has 0 amide bonds. The van der Waals surface area contributed by atoms with Crippen LogP contribution >= 0.6 is 0 Å². The molecule has 2 fully saturated rings. The minimum atomic E-state index is -0.489. The molecule has 19 heavy (non-hydrogen) atoms. The summed E-state index contributed by atoms with van der Waals surface area (Å²) < 4.78 is 27.7. The number of rotatable bonds is 2. The van der Waals surface area contributed by atoms with E-state index in [9.17, 15) is 8.78 Å². The molecule has 2 unspecified atom stereocenters. The summed E-state index contributed by atoms with van der Waals surface area (Å²) in [5.41, 5.74) is 0.540. The van der Waals surface area contributed by atoms with E-state index in [1.807, 2.05) is 0 Å². The Morgan fingerprint density at radius 3 is 2.89 bits per heavy atom. The van der Waals surface area contributed by atoms with Gasteiger partial charge in [0.2, 0.25) is 0 Å². The van der Waals surface area contributed by atoms with Crippen LogP contribution in [0.5, 0.6) is 0 Å². The Labute approximate surface area is 112 Å². The maximum atomic E-state index is 14.0. The van der Waals surface area contributed by atoms with Gasteiger partial charge in [-0.2, -0.15) is 0 Å². The maximum absolute atomic E-state index is 14.0. The zero-order valence-electron chi connectivity index (χ0n) is 11.3. The second kappa shape index (κ2) is 5.08. The molecular weight excluding hydrogens is 246 g/mol. The molecule has 104 valence electrons. The van der Waals surface area contributed by atoms with E-state index in [1.165, 1.54) is 31.5 Å². The largest absolute Gasteiger partial charge is 0.377 e. The molecule has 1 aromatic carbocycles. The average Bonchev–Trinajstić information content (AvgIpc) is 2.86. The van der Waals surface area contributed by atoms with Gasteiger partial charge in [-0.05, 0) is 50.8 Å². The summed E-state index contributed by atoms with van der Waals surface area (Å²) in [6.45, 7) is 3.89. The summed E-state index contributed by atoms with van der Waals surface area (Å²) in [7, 11) is 0. The summed E-state index contributed by atoms with van der Waals surface area (Å²) in [6, 6.07) is 3.60. The minimum absolute atomic E-state index is 0.0523. The highest BCUT2D eigenvalue weighted by Crippen LogP contribution is 2.30. The standard InChI is InChI=1S/C15H20F2N2/c1-10-4-5-13(16)15(14(10)17)18-11-6-8-19-7-2-3-12(19)9-11/h4-5,11-12,18H,2-3,6-9H2,1H3. The van der Waals surface area contributed by atoms with E-state index < -0.39 is 11.6 Å². The van der Waals surface area contributed by atoms with Crippen LogP contribution in [0.15, 0.2) is 12.1 Å². The number of aryl methyl sites for hydroxylation is 1. The van der Waals surface area contributed by atoms with Crippen LogP contribution in [0.2, 0.25) is 0 Å². The Hall–Kier alpha value is -1.16. The van der Waals surface area contributed by atoms with Gasteiger partial charge in [0.05, 0.1) is 0 Å².